The Morgan fingerprint density at radius 1 is 0.939 bits per heavy atom. The molecule has 33 heavy (non-hydrogen) atoms. The molecule has 0 aromatic heterocycles. The Balaban J connectivity index is 1.55. The van der Waals surface area contributed by atoms with Gasteiger partial charge in [-0.15, -0.1) is 0 Å². The summed E-state index contributed by atoms with van der Waals surface area (Å²) in [4.78, 5) is 11.9. The van der Waals surface area contributed by atoms with E-state index in [4.69, 9.17) is 60.6 Å². The second-order valence-corrected chi connectivity index (χ2v) is 8.77. The van der Waals surface area contributed by atoms with Crippen LogP contribution in [0.3, 0.4) is 0 Å². The lowest BCUT2D eigenvalue weighted by Crippen LogP contribution is -2.04. The molecular weight excluding hydrogens is 510 g/mol. The number of carboxylic acid groups (broad SMARTS) is 1. The van der Waals surface area contributed by atoms with Gasteiger partial charge in [0.25, 0.3) is 0 Å². The van der Waals surface area contributed by atoms with Gasteiger partial charge in [0.1, 0.15) is 6.61 Å². The Hall–Kier alpha value is -2.57. The van der Waals surface area contributed by atoms with Crippen molar-refractivity contribution in [2.24, 2.45) is 0 Å². The van der Waals surface area contributed by atoms with Crippen LogP contribution in [0, 0.1) is 0 Å². The van der Waals surface area contributed by atoms with E-state index in [0.29, 0.717) is 32.7 Å². The van der Waals surface area contributed by atoms with Crippen molar-refractivity contribution >= 4 is 58.4 Å². The van der Waals surface area contributed by atoms with Crippen LogP contribution in [0.5, 0.6) is 17.2 Å². The molecule has 0 unspecified atom stereocenters. The summed E-state index contributed by atoms with van der Waals surface area (Å²) in [6.45, 7) is 0.214. The monoisotopic (exact) mass is 524 g/mol. The van der Waals surface area contributed by atoms with Crippen LogP contribution in [-0.2, 0) is 17.8 Å². The van der Waals surface area contributed by atoms with Crippen LogP contribution < -0.4 is 14.2 Å². The average Bonchev–Trinajstić information content (AvgIpc) is 3.22. The number of halogens is 4. The molecule has 3 aromatic carbocycles. The molecule has 1 aliphatic rings. The summed E-state index contributed by atoms with van der Waals surface area (Å²) in [6, 6.07) is 13.6. The first kappa shape index (κ1) is 23.6. The fraction of sp³-hybridized carbons (Fsp3) is 0.125. The highest BCUT2D eigenvalue weighted by molar-refractivity contribution is 6.37. The Morgan fingerprint density at radius 2 is 1.61 bits per heavy atom. The molecule has 0 saturated carbocycles. The predicted molar refractivity (Wildman–Crippen MR) is 129 cm³/mol. The number of fused-ring (bicyclic) bond motifs is 1. The molecule has 170 valence electrons. The molecule has 0 saturated heterocycles. The van der Waals surface area contributed by atoms with E-state index in [-0.39, 0.29) is 41.2 Å². The molecule has 0 spiro atoms. The normalized spacial score (nSPS) is 12.7. The van der Waals surface area contributed by atoms with Crippen LogP contribution in [-0.4, -0.2) is 17.9 Å². The molecule has 9 heteroatoms. The van der Waals surface area contributed by atoms with Gasteiger partial charge in [0.15, 0.2) is 17.2 Å². The Bertz CT molecular complexity index is 1210. The third-order valence-electron chi connectivity index (χ3n) is 4.89. The summed E-state index contributed by atoms with van der Waals surface area (Å²) in [5, 5.41) is 11.1. The lowest BCUT2D eigenvalue weighted by molar-refractivity contribution is -0.132. The van der Waals surface area contributed by atoms with Crippen molar-refractivity contribution in [2.75, 3.05) is 6.79 Å². The van der Waals surface area contributed by atoms with Gasteiger partial charge < -0.3 is 19.3 Å². The highest BCUT2D eigenvalue weighted by Gasteiger charge is 2.17. The molecule has 0 bridgehead atoms. The summed E-state index contributed by atoms with van der Waals surface area (Å²) < 4.78 is 16.4. The van der Waals surface area contributed by atoms with Gasteiger partial charge in [-0.3, -0.25) is 0 Å². The Morgan fingerprint density at radius 3 is 2.27 bits per heavy atom. The molecule has 3 aromatic rings. The Kier molecular flexibility index (Phi) is 7.25. The summed E-state index contributed by atoms with van der Waals surface area (Å²) in [6.07, 6.45) is 1.68. The maximum Gasteiger partial charge on any atom is 0.331 e. The van der Waals surface area contributed by atoms with Gasteiger partial charge in [-0.05, 0) is 53.6 Å². The van der Waals surface area contributed by atoms with E-state index >= 15 is 0 Å². The topological polar surface area (TPSA) is 65.0 Å². The van der Waals surface area contributed by atoms with Crippen LogP contribution in [0.25, 0.3) is 6.08 Å². The molecule has 4 rings (SSSR count). The van der Waals surface area contributed by atoms with E-state index in [0.717, 1.165) is 5.56 Å². The highest BCUT2D eigenvalue weighted by atomic mass is 35.5. The summed E-state index contributed by atoms with van der Waals surface area (Å²) in [7, 11) is 0. The molecule has 0 aliphatic carbocycles. The quantitative estimate of drug-likeness (QED) is 0.327. The van der Waals surface area contributed by atoms with Crippen molar-refractivity contribution in [1.82, 2.24) is 0 Å². The molecule has 1 heterocycles. The number of benzene rings is 3. The van der Waals surface area contributed by atoms with Crippen molar-refractivity contribution in [1.29, 1.82) is 0 Å². The number of aliphatic carboxylic acids is 1. The van der Waals surface area contributed by atoms with Gasteiger partial charge >= 0.3 is 5.97 Å². The summed E-state index contributed by atoms with van der Waals surface area (Å²) in [5.41, 5.74) is 2.04. The van der Waals surface area contributed by atoms with Gasteiger partial charge in [-0.2, -0.15) is 0 Å². The average molecular weight is 526 g/mol. The lowest BCUT2D eigenvalue weighted by atomic mass is 10.0. The van der Waals surface area contributed by atoms with Gasteiger partial charge in [0.2, 0.25) is 6.79 Å². The fourth-order valence-electron chi connectivity index (χ4n) is 3.28. The molecule has 0 amide bonds. The van der Waals surface area contributed by atoms with Crippen molar-refractivity contribution in [2.45, 2.75) is 13.0 Å². The van der Waals surface area contributed by atoms with Crippen molar-refractivity contribution in [3.63, 3.8) is 0 Å². The number of hydrogen-bond acceptors (Lipinski definition) is 4. The fourth-order valence-corrected chi connectivity index (χ4v) is 4.40. The van der Waals surface area contributed by atoms with Crippen LogP contribution in [0.15, 0.2) is 54.1 Å². The molecule has 0 radical (unpaired) electrons. The summed E-state index contributed by atoms with van der Waals surface area (Å²) in [5.74, 6) is 0.406. The van der Waals surface area contributed by atoms with Crippen LogP contribution in [0.2, 0.25) is 20.1 Å². The zero-order chi connectivity index (χ0) is 23.5. The first-order valence-corrected chi connectivity index (χ1v) is 11.2. The van der Waals surface area contributed by atoms with Crippen molar-refractivity contribution < 1.29 is 24.1 Å². The molecule has 0 fully saturated rings. The maximum atomic E-state index is 11.9. The van der Waals surface area contributed by atoms with Crippen LogP contribution >= 0.6 is 46.4 Å². The second kappa shape index (κ2) is 10.1. The van der Waals surface area contributed by atoms with E-state index in [1.165, 1.54) is 6.08 Å². The van der Waals surface area contributed by atoms with E-state index < -0.39 is 5.97 Å². The number of hydrogen-bond donors (Lipinski definition) is 1. The van der Waals surface area contributed by atoms with Gasteiger partial charge in [0, 0.05) is 27.6 Å². The molecular formula is C24H16Cl4O5. The predicted octanol–water partition coefficient (Wildman–Crippen LogP) is 7.32. The molecule has 0 atom stereocenters. The Labute approximate surface area is 210 Å². The second-order valence-electron chi connectivity index (χ2n) is 7.14. The zero-order valence-electron chi connectivity index (χ0n) is 16.9. The minimum Gasteiger partial charge on any atom is -0.486 e. The van der Waals surface area contributed by atoms with E-state index in [9.17, 15) is 9.90 Å². The number of carbonyl (C=O) groups is 1. The highest BCUT2D eigenvalue weighted by Crippen LogP contribution is 2.37. The zero-order valence-corrected chi connectivity index (χ0v) is 19.9. The smallest absolute Gasteiger partial charge is 0.331 e. The van der Waals surface area contributed by atoms with E-state index in [1.54, 1.807) is 48.5 Å². The van der Waals surface area contributed by atoms with Gasteiger partial charge in [0.05, 0.1) is 10.0 Å². The lowest BCUT2D eigenvalue weighted by Gasteiger charge is -2.13. The minimum absolute atomic E-state index is 0.0671. The minimum atomic E-state index is -1.06. The summed E-state index contributed by atoms with van der Waals surface area (Å²) >= 11 is 25.1. The van der Waals surface area contributed by atoms with Crippen LogP contribution in [0.4, 0.5) is 0 Å². The molecule has 5 nitrogen and oxygen atoms in total. The number of rotatable bonds is 7. The van der Waals surface area contributed by atoms with Gasteiger partial charge in [-0.1, -0.05) is 58.5 Å². The first-order chi connectivity index (χ1) is 15.8. The van der Waals surface area contributed by atoms with Gasteiger partial charge in [-0.25, -0.2) is 4.79 Å². The molecule has 1 aliphatic heterocycles. The third kappa shape index (κ3) is 5.50. The van der Waals surface area contributed by atoms with Crippen molar-refractivity contribution in [3.8, 4) is 17.2 Å². The van der Waals surface area contributed by atoms with Crippen molar-refractivity contribution in [3.05, 3.63) is 90.9 Å². The molecule has 1 N–H and O–H groups in total. The third-order valence-corrected chi connectivity index (χ3v) is 6.16. The van der Waals surface area contributed by atoms with E-state index in [1.807, 2.05) is 0 Å². The first-order valence-electron chi connectivity index (χ1n) is 9.69. The number of ether oxygens (including phenoxy) is 3. The maximum absolute atomic E-state index is 11.9. The standard InChI is InChI=1S/C24H16Cl4O5/c25-17-2-1-3-18(26)16(17)11-31-23-19(27)8-14(9-20(23)28)7-15(24(29)30)6-13-4-5-21-22(10-13)33-12-32-21/h1-5,7-10H,6,11-12H2,(H,29,30)/b15-7+. The SMILES string of the molecule is O=C(O)/C(=C/c1cc(Cl)c(OCc2c(Cl)cccc2Cl)c(Cl)c1)Cc1ccc2c(c1)OCO2. The van der Waals surface area contributed by atoms with E-state index in [2.05, 4.69) is 0 Å². The largest absolute Gasteiger partial charge is 0.486 e. The van der Waals surface area contributed by atoms with Crippen LogP contribution in [0.1, 0.15) is 16.7 Å². The number of carboxylic acids is 1.